The Balaban J connectivity index is 2.00. The Hall–Kier alpha value is -1.35. The summed E-state index contributed by atoms with van der Waals surface area (Å²) in [6.45, 7) is 3.94. The molecule has 1 saturated carbocycles. The number of aliphatic hydroxyl groups is 1. The maximum Gasteiger partial charge on any atom is 0.251 e. The molecular weight excluding hydrogens is 202 g/mol. The van der Waals surface area contributed by atoms with Crippen LogP contribution in [0.15, 0.2) is 30.3 Å². The van der Waals surface area contributed by atoms with E-state index in [2.05, 4.69) is 5.32 Å². The Morgan fingerprint density at radius 1 is 1.38 bits per heavy atom. The van der Waals surface area contributed by atoms with Gasteiger partial charge < -0.3 is 10.4 Å². The van der Waals surface area contributed by atoms with Crippen LogP contribution in [0.3, 0.4) is 0 Å². The zero-order chi connectivity index (χ0) is 11.8. The predicted octanol–water partition coefficient (Wildman–Crippen LogP) is 1.58. The van der Waals surface area contributed by atoms with E-state index in [-0.39, 0.29) is 23.5 Å². The number of benzene rings is 1. The topological polar surface area (TPSA) is 49.3 Å². The Kier molecular flexibility index (Phi) is 2.72. The van der Waals surface area contributed by atoms with E-state index in [9.17, 15) is 9.90 Å². The largest absolute Gasteiger partial charge is 0.392 e. The van der Waals surface area contributed by atoms with E-state index in [0.717, 1.165) is 0 Å². The van der Waals surface area contributed by atoms with Crippen molar-refractivity contribution >= 4 is 5.91 Å². The minimum Gasteiger partial charge on any atom is -0.392 e. The smallest absolute Gasteiger partial charge is 0.251 e. The van der Waals surface area contributed by atoms with E-state index in [1.54, 1.807) is 12.1 Å². The Labute approximate surface area is 95.5 Å². The molecule has 1 aromatic rings. The van der Waals surface area contributed by atoms with Crippen molar-refractivity contribution in [3.05, 3.63) is 35.9 Å². The fourth-order valence-electron chi connectivity index (χ4n) is 1.98. The molecule has 0 aromatic heterocycles. The van der Waals surface area contributed by atoms with Crippen molar-refractivity contribution in [3.63, 3.8) is 0 Å². The normalized spacial score (nSPS) is 26.9. The number of carbonyl (C=O) groups excluding carboxylic acids is 1. The highest BCUT2D eigenvalue weighted by Gasteiger charge is 2.47. The lowest BCUT2D eigenvalue weighted by atomic mass is 9.64. The summed E-state index contributed by atoms with van der Waals surface area (Å²) in [6, 6.07) is 9.21. The Morgan fingerprint density at radius 2 is 2.00 bits per heavy atom. The van der Waals surface area contributed by atoms with Crippen molar-refractivity contribution in [1.29, 1.82) is 0 Å². The molecule has 16 heavy (non-hydrogen) atoms. The molecule has 0 heterocycles. The number of rotatable bonds is 2. The van der Waals surface area contributed by atoms with Gasteiger partial charge in [-0.05, 0) is 18.6 Å². The molecule has 0 radical (unpaired) electrons. The summed E-state index contributed by atoms with van der Waals surface area (Å²) in [7, 11) is 0. The second-order valence-corrected chi connectivity index (χ2v) is 4.96. The van der Waals surface area contributed by atoms with Crippen LogP contribution in [0, 0.1) is 5.41 Å². The molecule has 1 amide bonds. The first kappa shape index (κ1) is 11.1. The highest BCUT2D eigenvalue weighted by atomic mass is 16.3. The molecule has 3 heteroatoms. The first-order valence-corrected chi connectivity index (χ1v) is 5.56. The van der Waals surface area contributed by atoms with Gasteiger partial charge in [-0.15, -0.1) is 0 Å². The third-order valence-electron chi connectivity index (χ3n) is 3.56. The van der Waals surface area contributed by atoms with E-state index in [0.29, 0.717) is 12.0 Å². The van der Waals surface area contributed by atoms with Crippen molar-refractivity contribution < 1.29 is 9.90 Å². The summed E-state index contributed by atoms with van der Waals surface area (Å²) < 4.78 is 0. The number of hydrogen-bond acceptors (Lipinski definition) is 2. The molecule has 1 fully saturated rings. The van der Waals surface area contributed by atoms with Gasteiger partial charge in [0.2, 0.25) is 0 Å². The van der Waals surface area contributed by atoms with Gasteiger partial charge in [0.25, 0.3) is 5.91 Å². The molecule has 2 rings (SSSR count). The van der Waals surface area contributed by atoms with Crippen molar-refractivity contribution in [2.24, 2.45) is 5.41 Å². The highest BCUT2D eigenvalue weighted by molar-refractivity contribution is 5.94. The van der Waals surface area contributed by atoms with Gasteiger partial charge in [0.1, 0.15) is 0 Å². The molecule has 2 unspecified atom stereocenters. The van der Waals surface area contributed by atoms with Gasteiger partial charge in [-0.3, -0.25) is 4.79 Å². The van der Waals surface area contributed by atoms with Gasteiger partial charge >= 0.3 is 0 Å². The summed E-state index contributed by atoms with van der Waals surface area (Å²) >= 11 is 0. The zero-order valence-electron chi connectivity index (χ0n) is 9.60. The summed E-state index contributed by atoms with van der Waals surface area (Å²) in [5, 5.41) is 12.5. The zero-order valence-corrected chi connectivity index (χ0v) is 9.60. The molecule has 1 aromatic carbocycles. The van der Waals surface area contributed by atoms with Crippen LogP contribution < -0.4 is 5.32 Å². The fourth-order valence-corrected chi connectivity index (χ4v) is 1.98. The van der Waals surface area contributed by atoms with Crippen LogP contribution in [-0.2, 0) is 0 Å². The maximum absolute atomic E-state index is 11.8. The lowest BCUT2D eigenvalue weighted by Gasteiger charge is -2.49. The van der Waals surface area contributed by atoms with Crippen LogP contribution in [0.25, 0.3) is 0 Å². The maximum atomic E-state index is 11.8. The predicted molar refractivity (Wildman–Crippen MR) is 62.1 cm³/mol. The van der Waals surface area contributed by atoms with Crippen LogP contribution in [0.2, 0.25) is 0 Å². The summed E-state index contributed by atoms with van der Waals surface area (Å²) in [4.78, 5) is 11.8. The van der Waals surface area contributed by atoms with Gasteiger partial charge in [0, 0.05) is 17.0 Å². The number of hydrogen-bond donors (Lipinski definition) is 2. The second kappa shape index (κ2) is 3.91. The van der Waals surface area contributed by atoms with Crippen molar-refractivity contribution in [2.75, 3.05) is 0 Å². The summed E-state index contributed by atoms with van der Waals surface area (Å²) in [5.41, 5.74) is 0.449. The van der Waals surface area contributed by atoms with E-state index < -0.39 is 0 Å². The fraction of sp³-hybridized carbons (Fsp3) is 0.462. The van der Waals surface area contributed by atoms with Crippen molar-refractivity contribution in [2.45, 2.75) is 32.4 Å². The first-order chi connectivity index (χ1) is 7.51. The molecule has 1 aliphatic rings. The van der Waals surface area contributed by atoms with Crippen LogP contribution in [0.4, 0.5) is 0 Å². The lowest BCUT2D eigenvalue weighted by Crippen LogP contribution is -2.61. The monoisotopic (exact) mass is 219 g/mol. The van der Waals surface area contributed by atoms with Crippen molar-refractivity contribution in [1.82, 2.24) is 5.32 Å². The molecule has 0 aliphatic heterocycles. The SMILES string of the molecule is CC1(C)C(O)CC1NC(=O)c1ccccc1. The number of amides is 1. The second-order valence-electron chi connectivity index (χ2n) is 4.96. The minimum atomic E-state index is -0.312. The molecule has 86 valence electrons. The van der Waals surface area contributed by atoms with Crippen LogP contribution in [0.1, 0.15) is 30.6 Å². The van der Waals surface area contributed by atoms with Crippen LogP contribution in [-0.4, -0.2) is 23.2 Å². The summed E-state index contributed by atoms with van der Waals surface area (Å²) in [5.74, 6) is -0.0643. The van der Waals surface area contributed by atoms with Gasteiger partial charge in [-0.25, -0.2) is 0 Å². The minimum absolute atomic E-state index is 0.0643. The third kappa shape index (κ3) is 1.83. The van der Waals surface area contributed by atoms with Gasteiger partial charge in [-0.1, -0.05) is 32.0 Å². The lowest BCUT2D eigenvalue weighted by molar-refractivity contribution is -0.0689. The van der Waals surface area contributed by atoms with Crippen LogP contribution >= 0.6 is 0 Å². The van der Waals surface area contributed by atoms with Crippen molar-refractivity contribution in [3.8, 4) is 0 Å². The Bertz CT molecular complexity index is 386. The average molecular weight is 219 g/mol. The molecular formula is C13H17NO2. The molecule has 0 saturated heterocycles. The summed E-state index contributed by atoms with van der Waals surface area (Å²) in [6.07, 6.45) is 0.333. The molecule has 1 aliphatic carbocycles. The molecule has 0 spiro atoms. The molecule has 2 atom stereocenters. The Morgan fingerprint density at radius 3 is 2.50 bits per heavy atom. The highest BCUT2D eigenvalue weighted by Crippen LogP contribution is 2.40. The molecule has 3 nitrogen and oxygen atoms in total. The number of nitrogens with one attached hydrogen (secondary N) is 1. The van der Waals surface area contributed by atoms with Gasteiger partial charge in [0.05, 0.1) is 6.10 Å². The van der Waals surface area contributed by atoms with Gasteiger partial charge in [0.15, 0.2) is 0 Å². The van der Waals surface area contributed by atoms with E-state index in [1.807, 2.05) is 32.0 Å². The van der Waals surface area contributed by atoms with E-state index >= 15 is 0 Å². The average Bonchev–Trinajstić information content (AvgIpc) is 2.29. The first-order valence-electron chi connectivity index (χ1n) is 5.56. The van der Waals surface area contributed by atoms with Crippen LogP contribution in [0.5, 0.6) is 0 Å². The van der Waals surface area contributed by atoms with Gasteiger partial charge in [-0.2, -0.15) is 0 Å². The van der Waals surface area contributed by atoms with E-state index in [1.165, 1.54) is 0 Å². The number of carbonyl (C=O) groups is 1. The quantitative estimate of drug-likeness (QED) is 0.793. The number of aliphatic hydroxyl groups excluding tert-OH is 1. The third-order valence-corrected chi connectivity index (χ3v) is 3.56. The molecule has 2 N–H and O–H groups in total. The standard InChI is InChI=1S/C13H17NO2/c1-13(2)10(8-11(13)15)14-12(16)9-6-4-3-5-7-9/h3-7,10-11,15H,8H2,1-2H3,(H,14,16). The van der Waals surface area contributed by atoms with E-state index in [4.69, 9.17) is 0 Å². The molecule has 0 bridgehead atoms.